The van der Waals surface area contributed by atoms with Crippen molar-refractivity contribution in [1.82, 2.24) is 4.98 Å². The van der Waals surface area contributed by atoms with E-state index in [-0.39, 0.29) is 5.78 Å². The van der Waals surface area contributed by atoms with Gasteiger partial charge in [-0.3, -0.25) is 4.79 Å². The van der Waals surface area contributed by atoms with Gasteiger partial charge in [-0.05, 0) is 37.1 Å². The SMILES string of the molecule is Cc1cccc(CC(=O)c2cc(C)c3ccccc3n2)c1. The number of rotatable bonds is 3. The molecule has 0 aliphatic heterocycles. The van der Waals surface area contributed by atoms with E-state index >= 15 is 0 Å². The zero-order valence-corrected chi connectivity index (χ0v) is 12.3. The molecule has 0 unspecified atom stereocenters. The Kier molecular flexibility index (Phi) is 3.53. The van der Waals surface area contributed by atoms with Crippen LogP contribution in [0.1, 0.15) is 27.2 Å². The van der Waals surface area contributed by atoms with Gasteiger partial charge in [0, 0.05) is 11.8 Å². The first-order valence-corrected chi connectivity index (χ1v) is 7.08. The summed E-state index contributed by atoms with van der Waals surface area (Å²) in [5.74, 6) is 0.0643. The number of Topliss-reactive ketones (excluding diaryl/α,β-unsaturated/α-hetero) is 1. The summed E-state index contributed by atoms with van der Waals surface area (Å²) in [5.41, 5.74) is 4.72. The van der Waals surface area contributed by atoms with Crippen LogP contribution in [-0.4, -0.2) is 10.8 Å². The number of hydrogen-bond acceptors (Lipinski definition) is 2. The summed E-state index contributed by atoms with van der Waals surface area (Å²) < 4.78 is 0. The number of carbonyl (C=O) groups excluding carboxylic acids is 1. The lowest BCUT2D eigenvalue weighted by atomic mass is 10.0. The number of pyridine rings is 1. The molecule has 0 saturated carbocycles. The molecule has 0 bridgehead atoms. The highest BCUT2D eigenvalue weighted by atomic mass is 16.1. The molecule has 0 radical (unpaired) electrons. The molecule has 2 nitrogen and oxygen atoms in total. The number of ketones is 1. The van der Waals surface area contributed by atoms with Crippen LogP contribution < -0.4 is 0 Å². The van der Waals surface area contributed by atoms with Crippen LogP contribution in [0.2, 0.25) is 0 Å². The minimum absolute atomic E-state index is 0.0643. The van der Waals surface area contributed by atoms with Crippen LogP contribution in [0.4, 0.5) is 0 Å². The number of nitrogens with zero attached hydrogens (tertiary/aromatic N) is 1. The molecule has 2 aromatic carbocycles. The van der Waals surface area contributed by atoms with E-state index in [0.29, 0.717) is 12.1 Å². The summed E-state index contributed by atoms with van der Waals surface area (Å²) in [6.45, 7) is 4.06. The Bertz CT molecular complexity index is 821. The fourth-order valence-electron chi connectivity index (χ4n) is 2.59. The summed E-state index contributed by atoms with van der Waals surface area (Å²) in [4.78, 5) is 17.0. The van der Waals surface area contributed by atoms with Crippen molar-refractivity contribution in [3.63, 3.8) is 0 Å². The molecule has 0 aliphatic carbocycles. The van der Waals surface area contributed by atoms with Crippen LogP contribution in [0, 0.1) is 13.8 Å². The maximum atomic E-state index is 12.5. The van der Waals surface area contributed by atoms with Gasteiger partial charge in [0.05, 0.1) is 5.52 Å². The smallest absolute Gasteiger partial charge is 0.185 e. The second-order valence-electron chi connectivity index (χ2n) is 5.43. The zero-order chi connectivity index (χ0) is 14.8. The van der Waals surface area contributed by atoms with Gasteiger partial charge in [0.25, 0.3) is 0 Å². The van der Waals surface area contributed by atoms with Crippen molar-refractivity contribution in [3.8, 4) is 0 Å². The molecule has 21 heavy (non-hydrogen) atoms. The van der Waals surface area contributed by atoms with Crippen LogP contribution in [-0.2, 0) is 6.42 Å². The Morgan fingerprint density at radius 1 is 1.00 bits per heavy atom. The summed E-state index contributed by atoms with van der Waals surface area (Å²) in [6.07, 6.45) is 0.395. The average Bonchev–Trinajstić information content (AvgIpc) is 2.47. The molecule has 0 spiro atoms. The van der Waals surface area contributed by atoms with Crippen molar-refractivity contribution in [2.24, 2.45) is 0 Å². The quantitative estimate of drug-likeness (QED) is 0.668. The van der Waals surface area contributed by atoms with E-state index in [1.54, 1.807) is 0 Å². The fourth-order valence-corrected chi connectivity index (χ4v) is 2.59. The van der Waals surface area contributed by atoms with Gasteiger partial charge in [0.1, 0.15) is 5.69 Å². The average molecular weight is 275 g/mol. The Morgan fingerprint density at radius 2 is 1.81 bits per heavy atom. The van der Waals surface area contributed by atoms with E-state index in [4.69, 9.17) is 0 Å². The molecular weight excluding hydrogens is 258 g/mol. The minimum Gasteiger partial charge on any atom is -0.292 e. The normalized spacial score (nSPS) is 10.8. The molecule has 3 aromatic rings. The maximum absolute atomic E-state index is 12.5. The van der Waals surface area contributed by atoms with Crippen molar-refractivity contribution in [3.05, 3.63) is 77.0 Å². The molecule has 2 heteroatoms. The standard InChI is InChI=1S/C19H17NO/c1-13-6-5-7-15(10-13)12-19(21)18-11-14(2)16-8-3-4-9-17(16)20-18/h3-11H,12H2,1-2H3. The van der Waals surface area contributed by atoms with Crippen LogP contribution >= 0.6 is 0 Å². The molecule has 0 fully saturated rings. The summed E-state index contributed by atoms with van der Waals surface area (Å²) >= 11 is 0. The van der Waals surface area contributed by atoms with E-state index in [1.807, 2.05) is 68.4 Å². The molecule has 1 aromatic heterocycles. The highest BCUT2D eigenvalue weighted by Gasteiger charge is 2.11. The number of carbonyl (C=O) groups is 1. The monoisotopic (exact) mass is 275 g/mol. The van der Waals surface area contributed by atoms with E-state index in [9.17, 15) is 4.79 Å². The fraction of sp³-hybridized carbons (Fsp3) is 0.158. The van der Waals surface area contributed by atoms with Gasteiger partial charge in [-0.2, -0.15) is 0 Å². The number of aromatic nitrogens is 1. The molecule has 0 saturated heterocycles. The molecule has 1 heterocycles. The summed E-state index contributed by atoms with van der Waals surface area (Å²) in [5, 5.41) is 1.10. The van der Waals surface area contributed by atoms with Crippen LogP contribution in [0.25, 0.3) is 10.9 Å². The van der Waals surface area contributed by atoms with Gasteiger partial charge in [-0.15, -0.1) is 0 Å². The predicted molar refractivity (Wildman–Crippen MR) is 85.7 cm³/mol. The van der Waals surface area contributed by atoms with E-state index in [2.05, 4.69) is 4.98 Å². The van der Waals surface area contributed by atoms with Crippen LogP contribution in [0.15, 0.2) is 54.6 Å². The Balaban J connectivity index is 1.94. The van der Waals surface area contributed by atoms with E-state index < -0.39 is 0 Å². The third-order valence-corrected chi connectivity index (χ3v) is 3.66. The molecular formula is C19H17NO. The third kappa shape index (κ3) is 2.84. The van der Waals surface area contributed by atoms with E-state index in [0.717, 1.165) is 22.0 Å². The van der Waals surface area contributed by atoms with Gasteiger partial charge in [0.15, 0.2) is 5.78 Å². The number of hydrogen-bond donors (Lipinski definition) is 0. The maximum Gasteiger partial charge on any atom is 0.185 e. The van der Waals surface area contributed by atoms with Crippen LogP contribution in [0.5, 0.6) is 0 Å². The van der Waals surface area contributed by atoms with Gasteiger partial charge < -0.3 is 0 Å². The molecule has 0 aliphatic rings. The molecule has 0 N–H and O–H groups in total. The van der Waals surface area contributed by atoms with Gasteiger partial charge in [0.2, 0.25) is 0 Å². The Hall–Kier alpha value is -2.48. The Morgan fingerprint density at radius 3 is 2.62 bits per heavy atom. The number of para-hydroxylation sites is 1. The van der Waals surface area contributed by atoms with Crippen molar-refractivity contribution < 1.29 is 4.79 Å². The number of aryl methyl sites for hydroxylation is 2. The third-order valence-electron chi connectivity index (χ3n) is 3.66. The molecule has 104 valence electrons. The zero-order valence-electron chi connectivity index (χ0n) is 12.3. The first-order chi connectivity index (χ1) is 10.1. The predicted octanol–water partition coefficient (Wildman–Crippen LogP) is 4.28. The lowest BCUT2D eigenvalue weighted by Gasteiger charge is -2.06. The van der Waals surface area contributed by atoms with Gasteiger partial charge in [-0.25, -0.2) is 4.98 Å². The lowest BCUT2D eigenvalue weighted by molar-refractivity contribution is 0.0988. The second kappa shape index (κ2) is 5.49. The first-order valence-electron chi connectivity index (χ1n) is 7.08. The van der Waals surface area contributed by atoms with Crippen molar-refractivity contribution in [2.75, 3.05) is 0 Å². The van der Waals surface area contributed by atoms with Crippen molar-refractivity contribution in [2.45, 2.75) is 20.3 Å². The van der Waals surface area contributed by atoms with Gasteiger partial charge in [-0.1, -0.05) is 48.0 Å². The Labute approximate surface area is 124 Å². The first kappa shape index (κ1) is 13.5. The topological polar surface area (TPSA) is 30.0 Å². The summed E-state index contributed by atoms with van der Waals surface area (Å²) in [6, 6.07) is 17.9. The van der Waals surface area contributed by atoms with Crippen LogP contribution in [0.3, 0.4) is 0 Å². The second-order valence-corrected chi connectivity index (χ2v) is 5.43. The van der Waals surface area contributed by atoms with Crippen molar-refractivity contribution >= 4 is 16.7 Å². The highest BCUT2D eigenvalue weighted by molar-refractivity contribution is 5.98. The molecule has 3 rings (SSSR count). The number of fused-ring (bicyclic) bond motifs is 1. The number of benzene rings is 2. The molecule has 0 atom stereocenters. The minimum atomic E-state index is 0.0643. The van der Waals surface area contributed by atoms with Gasteiger partial charge >= 0.3 is 0 Å². The molecule has 0 amide bonds. The van der Waals surface area contributed by atoms with E-state index in [1.165, 1.54) is 5.56 Å². The lowest BCUT2D eigenvalue weighted by Crippen LogP contribution is -2.07. The largest absolute Gasteiger partial charge is 0.292 e. The summed E-state index contributed by atoms with van der Waals surface area (Å²) in [7, 11) is 0. The van der Waals surface area contributed by atoms with Crippen molar-refractivity contribution in [1.29, 1.82) is 0 Å². The highest BCUT2D eigenvalue weighted by Crippen LogP contribution is 2.18.